The first kappa shape index (κ1) is 14.7. The highest BCUT2D eigenvalue weighted by Crippen LogP contribution is 2.19. The Morgan fingerprint density at radius 3 is 2.85 bits per heavy atom. The number of nitrogens with one attached hydrogen (secondary N) is 1. The summed E-state index contributed by atoms with van der Waals surface area (Å²) in [5, 5.41) is 5.30. The predicted molar refractivity (Wildman–Crippen MR) is 83.0 cm³/mol. The van der Waals surface area contributed by atoms with E-state index in [9.17, 15) is 4.79 Å². The minimum Gasteiger partial charge on any atom is -0.323 e. The molecule has 1 amide bonds. The van der Waals surface area contributed by atoms with E-state index in [1.165, 1.54) is 11.3 Å². The summed E-state index contributed by atoms with van der Waals surface area (Å²) in [6, 6.07) is 6.02. The Hall–Kier alpha value is -1.72. The molecule has 0 spiro atoms. The van der Waals surface area contributed by atoms with Gasteiger partial charge in [0.2, 0.25) is 5.91 Å². The van der Waals surface area contributed by atoms with E-state index in [1.807, 2.05) is 44.4 Å². The van der Waals surface area contributed by atoms with Crippen LogP contribution < -0.4 is 11.1 Å². The maximum absolute atomic E-state index is 12.0. The molecular formula is C15H19N3OS. The van der Waals surface area contributed by atoms with Gasteiger partial charge in [0.15, 0.2) is 5.13 Å². The molecule has 2 aromatic rings. The van der Waals surface area contributed by atoms with Crippen molar-refractivity contribution in [2.45, 2.75) is 33.2 Å². The summed E-state index contributed by atoms with van der Waals surface area (Å²) >= 11 is 1.40. The maximum atomic E-state index is 12.0. The Morgan fingerprint density at radius 1 is 1.45 bits per heavy atom. The van der Waals surface area contributed by atoms with E-state index in [4.69, 9.17) is 5.73 Å². The Balaban J connectivity index is 2.03. The van der Waals surface area contributed by atoms with E-state index in [1.54, 1.807) is 0 Å². The van der Waals surface area contributed by atoms with Crippen LogP contribution in [-0.2, 0) is 11.2 Å². The van der Waals surface area contributed by atoms with E-state index in [-0.39, 0.29) is 11.9 Å². The first-order valence-corrected chi connectivity index (χ1v) is 7.40. The topological polar surface area (TPSA) is 68.0 Å². The van der Waals surface area contributed by atoms with Crippen LogP contribution >= 0.6 is 11.3 Å². The molecule has 0 bridgehead atoms. The third-order valence-electron chi connectivity index (χ3n) is 3.09. The standard InChI is InChI=1S/C15H19N3OS/c1-9-4-5-10(2)12(6-9)7-14(19)18-15-17-13(8-20-15)11(3)16/h4-6,8,11H,7,16H2,1-3H3,(H,17,18,19). The number of nitrogens with two attached hydrogens (primary N) is 1. The minimum atomic E-state index is -0.115. The van der Waals surface area contributed by atoms with E-state index >= 15 is 0 Å². The number of nitrogens with zero attached hydrogens (tertiary/aromatic N) is 1. The number of anilines is 1. The molecule has 1 atom stereocenters. The number of amides is 1. The summed E-state index contributed by atoms with van der Waals surface area (Å²) in [6.07, 6.45) is 0.362. The molecule has 3 N–H and O–H groups in total. The van der Waals surface area contributed by atoms with Crippen molar-refractivity contribution in [2.75, 3.05) is 5.32 Å². The number of thiazole rings is 1. The Bertz CT molecular complexity index is 619. The predicted octanol–water partition coefficient (Wildman–Crippen LogP) is 2.96. The number of hydrogen-bond acceptors (Lipinski definition) is 4. The second kappa shape index (κ2) is 6.15. The molecule has 1 unspecified atom stereocenters. The number of rotatable bonds is 4. The Morgan fingerprint density at radius 2 is 2.20 bits per heavy atom. The quantitative estimate of drug-likeness (QED) is 0.909. The van der Waals surface area contributed by atoms with E-state index in [2.05, 4.69) is 10.3 Å². The van der Waals surface area contributed by atoms with Crippen molar-refractivity contribution >= 4 is 22.4 Å². The summed E-state index contributed by atoms with van der Waals surface area (Å²) in [5.41, 5.74) is 9.89. The lowest BCUT2D eigenvalue weighted by molar-refractivity contribution is -0.115. The number of hydrogen-bond donors (Lipinski definition) is 2. The second-order valence-corrected chi connectivity index (χ2v) is 5.88. The molecular weight excluding hydrogens is 270 g/mol. The summed E-state index contributed by atoms with van der Waals surface area (Å²) < 4.78 is 0. The lowest BCUT2D eigenvalue weighted by atomic mass is 10.0. The average molecular weight is 289 g/mol. The first-order valence-electron chi connectivity index (χ1n) is 6.52. The molecule has 0 saturated heterocycles. The van der Waals surface area contributed by atoms with Crippen LogP contribution in [0.5, 0.6) is 0 Å². The van der Waals surface area contributed by atoms with Crippen molar-refractivity contribution in [1.29, 1.82) is 0 Å². The summed E-state index contributed by atoms with van der Waals surface area (Å²) in [4.78, 5) is 16.3. The van der Waals surface area contributed by atoms with Gasteiger partial charge in [-0.05, 0) is 31.9 Å². The van der Waals surface area contributed by atoms with Crippen LogP contribution in [0.1, 0.15) is 35.3 Å². The average Bonchev–Trinajstić information content (AvgIpc) is 2.82. The van der Waals surface area contributed by atoms with Crippen LogP contribution in [0.3, 0.4) is 0 Å². The minimum absolute atomic E-state index is 0.0516. The molecule has 1 aromatic heterocycles. The van der Waals surface area contributed by atoms with Crippen LogP contribution in [0.15, 0.2) is 23.6 Å². The van der Waals surface area contributed by atoms with Crippen molar-refractivity contribution in [3.8, 4) is 0 Å². The molecule has 5 heteroatoms. The van der Waals surface area contributed by atoms with Gasteiger partial charge >= 0.3 is 0 Å². The smallest absolute Gasteiger partial charge is 0.230 e. The number of aryl methyl sites for hydroxylation is 2. The lowest BCUT2D eigenvalue weighted by Gasteiger charge is -2.07. The van der Waals surface area contributed by atoms with Crippen molar-refractivity contribution in [2.24, 2.45) is 5.73 Å². The summed E-state index contributed by atoms with van der Waals surface area (Å²) in [5.74, 6) is -0.0516. The van der Waals surface area contributed by atoms with Gasteiger partial charge in [-0.2, -0.15) is 0 Å². The fourth-order valence-corrected chi connectivity index (χ4v) is 2.71. The largest absolute Gasteiger partial charge is 0.323 e. The molecule has 0 aliphatic rings. The van der Waals surface area contributed by atoms with E-state index in [0.29, 0.717) is 11.6 Å². The van der Waals surface area contributed by atoms with Gasteiger partial charge in [0, 0.05) is 11.4 Å². The molecule has 0 aliphatic carbocycles. The van der Waals surface area contributed by atoms with Crippen molar-refractivity contribution in [1.82, 2.24) is 4.98 Å². The van der Waals surface area contributed by atoms with E-state index in [0.717, 1.165) is 22.4 Å². The monoisotopic (exact) mass is 289 g/mol. The highest BCUT2D eigenvalue weighted by molar-refractivity contribution is 7.13. The highest BCUT2D eigenvalue weighted by Gasteiger charge is 2.10. The number of carbonyl (C=O) groups excluding carboxylic acids is 1. The molecule has 0 radical (unpaired) electrons. The number of aromatic nitrogens is 1. The number of benzene rings is 1. The molecule has 20 heavy (non-hydrogen) atoms. The van der Waals surface area contributed by atoms with Crippen LogP contribution in [0.4, 0.5) is 5.13 Å². The Kier molecular flexibility index (Phi) is 4.52. The van der Waals surface area contributed by atoms with Gasteiger partial charge in [0.1, 0.15) is 0 Å². The Labute approximate surface area is 123 Å². The van der Waals surface area contributed by atoms with Crippen LogP contribution in [0, 0.1) is 13.8 Å². The van der Waals surface area contributed by atoms with Crippen molar-refractivity contribution in [3.05, 3.63) is 46.0 Å². The van der Waals surface area contributed by atoms with Gasteiger partial charge < -0.3 is 11.1 Å². The van der Waals surface area contributed by atoms with Crippen LogP contribution in [0.25, 0.3) is 0 Å². The zero-order chi connectivity index (χ0) is 14.7. The van der Waals surface area contributed by atoms with Gasteiger partial charge in [-0.3, -0.25) is 4.79 Å². The second-order valence-electron chi connectivity index (χ2n) is 5.02. The highest BCUT2D eigenvalue weighted by atomic mass is 32.1. The van der Waals surface area contributed by atoms with Gasteiger partial charge in [0.05, 0.1) is 12.1 Å². The molecule has 4 nitrogen and oxygen atoms in total. The summed E-state index contributed by atoms with van der Waals surface area (Å²) in [6.45, 7) is 5.91. The molecule has 1 heterocycles. The fraction of sp³-hybridized carbons (Fsp3) is 0.333. The fourth-order valence-electron chi connectivity index (χ4n) is 1.88. The third kappa shape index (κ3) is 3.65. The SMILES string of the molecule is Cc1ccc(C)c(CC(=O)Nc2nc(C(C)N)cs2)c1. The van der Waals surface area contributed by atoms with E-state index < -0.39 is 0 Å². The van der Waals surface area contributed by atoms with Gasteiger partial charge in [-0.15, -0.1) is 11.3 Å². The zero-order valence-electron chi connectivity index (χ0n) is 11.9. The molecule has 0 saturated carbocycles. The molecule has 2 rings (SSSR count). The van der Waals surface area contributed by atoms with Gasteiger partial charge in [-0.25, -0.2) is 4.98 Å². The van der Waals surface area contributed by atoms with Crippen LogP contribution in [-0.4, -0.2) is 10.9 Å². The maximum Gasteiger partial charge on any atom is 0.230 e. The number of carbonyl (C=O) groups is 1. The first-order chi connectivity index (χ1) is 9.45. The normalized spacial score (nSPS) is 12.2. The van der Waals surface area contributed by atoms with Crippen LogP contribution in [0.2, 0.25) is 0 Å². The molecule has 106 valence electrons. The summed E-state index contributed by atoms with van der Waals surface area (Å²) in [7, 11) is 0. The van der Waals surface area contributed by atoms with Gasteiger partial charge in [0.25, 0.3) is 0 Å². The molecule has 0 fully saturated rings. The molecule has 1 aromatic carbocycles. The lowest BCUT2D eigenvalue weighted by Crippen LogP contribution is -2.15. The van der Waals surface area contributed by atoms with Crippen molar-refractivity contribution < 1.29 is 4.79 Å². The third-order valence-corrected chi connectivity index (χ3v) is 3.87. The zero-order valence-corrected chi connectivity index (χ0v) is 12.8. The molecule has 0 aliphatic heterocycles. The van der Waals surface area contributed by atoms with Gasteiger partial charge in [-0.1, -0.05) is 23.8 Å². The van der Waals surface area contributed by atoms with Crippen molar-refractivity contribution in [3.63, 3.8) is 0 Å².